The van der Waals surface area contributed by atoms with Crippen LogP contribution in [0.3, 0.4) is 0 Å². The first-order chi connectivity index (χ1) is 15.9. The highest BCUT2D eigenvalue weighted by molar-refractivity contribution is 6.58. The second-order valence-corrected chi connectivity index (χ2v) is 7.99. The van der Waals surface area contributed by atoms with Crippen LogP contribution in [0.4, 0.5) is 5.82 Å². The first-order valence-corrected chi connectivity index (χ1v) is 10.5. The molecule has 0 atom stereocenters. The van der Waals surface area contributed by atoms with Gasteiger partial charge in [0.2, 0.25) is 11.9 Å². The fourth-order valence-corrected chi connectivity index (χ4v) is 4.18. The predicted molar refractivity (Wildman–Crippen MR) is 124 cm³/mol. The fraction of sp³-hybridized carbons (Fsp3) is 0.174. The molecular formula is C23H22BN5O4. The Bertz CT molecular complexity index is 1390. The van der Waals surface area contributed by atoms with E-state index in [-0.39, 0.29) is 0 Å². The Morgan fingerprint density at radius 2 is 2.00 bits per heavy atom. The number of nitrogens with two attached hydrogens (primary N) is 1. The maximum atomic E-state index is 11.9. The minimum atomic E-state index is -1.52. The number of hydrogen-bond donors (Lipinski definition) is 4. The van der Waals surface area contributed by atoms with Crippen molar-refractivity contribution in [3.8, 4) is 5.95 Å². The van der Waals surface area contributed by atoms with Crippen LogP contribution in [0, 0.1) is 6.92 Å². The Kier molecular flexibility index (Phi) is 5.33. The monoisotopic (exact) mass is 443 g/mol. The zero-order valence-corrected chi connectivity index (χ0v) is 17.9. The maximum Gasteiger partial charge on any atom is 0.488 e. The minimum Gasteiger partial charge on any atom is -0.423 e. The highest BCUT2D eigenvalue weighted by Crippen LogP contribution is 2.30. The van der Waals surface area contributed by atoms with Crippen LogP contribution in [-0.4, -0.2) is 37.6 Å². The van der Waals surface area contributed by atoms with Gasteiger partial charge in [-0.3, -0.25) is 9.36 Å². The van der Waals surface area contributed by atoms with Crippen molar-refractivity contribution in [2.45, 2.75) is 26.7 Å². The summed E-state index contributed by atoms with van der Waals surface area (Å²) in [6, 6.07) is 14.4. The number of rotatable bonds is 6. The number of benzene rings is 2. The molecule has 1 aliphatic heterocycles. The number of nitrogens with zero attached hydrogens (tertiary/aromatic N) is 3. The van der Waals surface area contributed by atoms with Crippen LogP contribution in [-0.2, 0) is 24.5 Å². The smallest absolute Gasteiger partial charge is 0.423 e. The van der Waals surface area contributed by atoms with Crippen LogP contribution in [0.25, 0.3) is 16.9 Å². The Morgan fingerprint density at radius 3 is 2.79 bits per heavy atom. The van der Waals surface area contributed by atoms with Crippen LogP contribution in [0.5, 0.6) is 0 Å². The molecule has 3 heterocycles. The Labute approximate surface area is 190 Å². The van der Waals surface area contributed by atoms with Crippen molar-refractivity contribution >= 4 is 35.2 Å². The summed E-state index contributed by atoms with van der Waals surface area (Å²) in [5.41, 5.74) is 10.7. The van der Waals surface area contributed by atoms with Crippen LogP contribution < -0.4 is 16.5 Å². The second-order valence-electron chi connectivity index (χ2n) is 7.99. The first-order valence-electron chi connectivity index (χ1n) is 10.5. The summed E-state index contributed by atoms with van der Waals surface area (Å²) in [6.45, 7) is 3.15. The normalized spacial score (nSPS) is 12.7. The van der Waals surface area contributed by atoms with Crippen LogP contribution in [0.1, 0.15) is 32.9 Å². The topological polar surface area (TPSA) is 136 Å². The molecule has 0 spiro atoms. The third-order valence-corrected chi connectivity index (χ3v) is 5.77. The number of carbonyl (C=O) groups is 1. The second kappa shape index (κ2) is 8.32. The molecule has 0 saturated carbocycles. The van der Waals surface area contributed by atoms with Crippen molar-refractivity contribution in [1.82, 2.24) is 14.5 Å². The van der Waals surface area contributed by atoms with E-state index in [1.54, 1.807) is 30.3 Å². The summed E-state index contributed by atoms with van der Waals surface area (Å²) in [5.74, 6) is 0.628. The zero-order valence-electron chi connectivity index (χ0n) is 17.9. The van der Waals surface area contributed by atoms with Gasteiger partial charge in [0.25, 0.3) is 0 Å². The van der Waals surface area contributed by atoms with Crippen LogP contribution >= 0.6 is 0 Å². The summed E-state index contributed by atoms with van der Waals surface area (Å²) in [7, 11) is -1.52. The quantitative estimate of drug-likeness (QED) is 0.328. The number of aryl methyl sites for hydroxylation is 1. The summed E-state index contributed by atoms with van der Waals surface area (Å²) < 4.78 is 7.52. The predicted octanol–water partition coefficient (Wildman–Crippen LogP) is 1.15. The van der Waals surface area contributed by atoms with E-state index in [9.17, 15) is 14.8 Å². The summed E-state index contributed by atoms with van der Waals surface area (Å²) >= 11 is 0. The molecule has 1 aliphatic rings. The van der Waals surface area contributed by atoms with Crippen molar-refractivity contribution in [2.24, 2.45) is 5.73 Å². The molecule has 0 radical (unpaired) electrons. The van der Waals surface area contributed by atoms with E-state index in [1.807, 2.05) is 29.7 Å². The van der Waals surface area contributed by atoms with Gasteiger partial charge in [-0.2, -0.15) is 4.98 Å². The summed E-state index contributed by atoms with van der Waals surface area (Å²) in [5, 5.41) is 23.0. The van der Waals surface area contributed by atoms with E-state index in [1.165, 1.54) is 0 Å². The fourth-order valence-electron chi connectivity index (χ4n) is 4.18. The largest absolute Gasteiger partial charge is 0.488 e. The number of nitrogens with one attached hydrogen (secondary N) is 1. The molecule has 0 aliphatic carbocycles. The molecule has 0 saturated heterocycles. The van der Waals surface area contributed by atoms with Gasteiger partial charge in [0, 0.05) is 28.8 Å². The van der Waals surface area contributed by atoms with E-state index in [2.05, 4.69) is 5.32 Å². The molecule has 33 heavy (non-hydrogen) atoms. The third kappa shape index (κ3) is 3.84. The zero-order chi connectivity index (χ0) is 23.1. The Balaban J connectivity index is 1.56. The highest BCUT2D eigenvalue weighted by atomic mass is 16.5. The molecule has 0 bridgehead atoms. The SMILES string of the molecule is Cc1cc2c(C(N)=O)cccc2n1-c1nc2c(c(NCc3cccc(B(O)O)c3)n1)COC2. The summed E-state index contributed by atoms with van der Waals surface area (Å²) in [6.07, 6.45) is 0. The van der Waals surface area contributed by atoms with Gasteiger partial charge in [-0.05, 0) is 36.1 Å². The van der Waals surface area contributed by atoms with Crippen molar-refractivity contribution in [3.05, 3.63) is 76.6 Å². The van der Waals surface area contributed by atoms with Gasteiger partial charge in [-0.15, -0.1) is 0 Å². The van der Waals surface area contributed by atoms with Gasteiger partial charge in [0.05, 0.1) is 24.4 Å². The molecule has 4 aromatic rings. The number of anilines is 1. The van der Waals surface area contributed by atoms with Crippen molar-refractivity contribution in [3.63, 3.8) is 0 Å². The third-order valence-electron chi connectivity index (χ3n) is 5.77. The molecule has 1 amide bonds. The van der Waals surface area contributed by atoms with Gasteiger partial charge in [0.1, 0.15) is 5.82 Å². The van der Waals surface area contributed by atoms with E-state index in [0.717, 1.165) is 33.4 Å². The van der Waals surface area contributed by atoms with Crippen molar-refractivity contribution < 1.29 is 19.6 Å². The summed E-state index contributed by atoms with van der Waals surface area (Å²) in [4.78, 5) is 21.4. The number of hydrogen-bond acceptors (Lipinski definition) is 7. The molecule has 2 aromatic carbocycles. The van der Waals surface area contributed by atoms with Crippen LogP contribution in [0.2, 0.25) is 0 Å². The molecule has 0 fully saturated rings. The maximum absolute atomic E-state index is 11.9. The number of primary amides is 1. The molecule has 10 heteroatoms. The Hall–Kier alpha value is -3.73. The highest BCUT2D eigenvalue weighted by Gasteiger charge is 2.23. The van der Waals surface area contributed by atoms with Crippen molar-refractivity contribution in [1.29, 1.82) is 0 Å². The van der Waals surface area contributed by atoms with Gasteiger partial charge >= 0.3 is 7.12 Å². The Morgan fingerprint density at radius 1 is 1.18 bits per heavy atom. The van der Waals surface area contributed by atoms with E-state index in [4.69, 9.17) is 20.4 Å². The molecule has 5 N–H and O–H groups in total. The minimum absolute atomic E-state index is 0.385. The van der Waals surface area contributed by atoms with Gasteiger partial charge in [0.15, 0.2) is 0 Å². The molecule has 0 unspecified atom stereocenters. The van der Waals surface area contributed by atoms with Gasteiger partial charge in [-0.25, -0.2) is 4.98 Å². The van der Waals surface area contributed by atoms with Crippen molar-refractivity contribution in [2.75, 3.05) is 5.32 Å². The van der Waals surface area contributed by atoms with Gasteiger partial charge < -0.3 is 25.8 Å². The average Bonchev–Trinajstić information content (AvgIpc) is 3.40. The standard InChI is InChI=1S/C23H22BN5O4/c1-13-8-17-16(21(25)30)6-3-7-20(17)29(13)23-27-19-12-33-11-18(19)22(28-23)26-10-14-4-2-5-15(9-14)24(31)32/h2-9,31-32H,10-12H2,1H3,(H2,25,30)(H,26,27,28). The molecule has 5 rings (SSSR count). The number of aromatic nitrogens is 3. The van der Waals surface area contributed by atoms with Gasteiger partial charge in [-0.1, -0.05) is 30.3 Å². The first kappa shape index (κ1) is 21.1. The lowest BCUT2D eigenvalue weighted by atomic mass is 9.80. The van der Waals surface area contributed by atoms with E-state index < -0.39 is 13.0 Å². The number of amides is 1. The molecule has 2 aromatic heterocycles. The molecule has 166 valence electrons. The van der Waals surface area contributed by atoms with Crippen LogP contribution in [0.15, 0.2) is 48.5 Å². The van der Waals surface area contributed by atoms with E-state index in [0.29, 0.717) is 42.6 Å². The number of carbonyl (C=O) groups excluding carboxylic acids is 1. The lowest BCUT2D eigenvalue weighted by Crippen LogP contribution is -2.30. The van der Waals surface area contributed by atoms with E-state index >= 15 is 0 Å². The number of ether oxygens (including phenoxy) is 1. The number of fused-ring (bicyclic) bond motifs is 2. The molecular weight excluding hydrogens is 421 g/mol. The molecule has 9 nitrogen and oxygen atoms in total. The average molecular weight is 443 g/mol. The lowest BCUT2D eigenvalue weighted by molar-refractivity contribution is 0.100. The lowest BCUT2D eigenvalue weighted by Gasteiger charge is -2.14.